The van der Waals surface area contributed by atoms with Gasteiger partial charge in [-0.1, -0.05) is 0 Å². The molecule has 1 saturated heterocycles. The third-order valence-corrected chi connectivity index (χ3v) is 1.96. The van der Waals surface area contributed by atoms with Crippen molar-refractivity contribution in [3.8, 4) is 0 Å². The highest BCUT2D eigenvalue weighted by Gasteiger charge is 2.27. The van der Waals surface area contributed by atoms with Crippen molar-refractivity contribution in [2.45, 2.75) is 26.4 Å². The molecule has 0 aromatic carbocycles. The molecule has 0 bridgehead atoms. The number of morpholine rings is 1. The molecular weight excluding hydrogens is 226 g/mol. The van der Waals surface area contributed by atoms with Crippen molar-refractivity contribution in [1.29, 1.82) is 0 Å². The first-order chi connectivity index (χ1) is 7.79. The van der Waals surface area contributed by atoms with Crippen molar-refractivity contribution in [2.24, 2.45) is 0 Å². The molecule has 0 radical (unpaired) electrons. The number of hydrogen-bond donors (Lipinski definition) is 1. The number of nitrogens with zero attached hydrogens (tertiary/aromatic N) is 1. The van der Waals surface area contributed by atoms with Gasteiger partial charge < -0.3 is 14.6 Å². The summed E-state index contributed by atoms with van der Waals surface area (Å²) >= 11 is 0. The molecule has 1 amide bonds. The molecule has 0 unspecified atom stereocenters. The van der Waals surface area contributed by atoms with Gasteiger partial charge in [0.15, 0.2) is 0 Å². The van der Waals surface area contributed by atoms with E-state index in [0.717, 1.165) is 6.08 Å². The zero-order valence-corrected chi connectivity index (χ0v) is 10.2. The van der Waals surface area contributed by atoms with Gasteiger partial charge in [-0.05, 0) is 20.8 Å². The molecule has 96 valence electrons. The van der Waals surface area contributed by atoms with Crippen LogP contribution in [0.15, 0.2) is 11.8 Å². The van der Waals surface area contributed by atoms with Crippen molar-refractivity contribution in [2.75, 3.05) is 19.8 Å². The zero-order chi connectivity index (χ0) is 13.1. The number of rotatable bonds is 1. The van der Waals surface area contributed by atoms with E-state index >= 15 is 0 Å². The second kappa shape index (κ2) is 5.18. The van der Waals surface area contributed by atoms with Gasteiger partial charge in [0.1, 0.15) is 5.60 Å². The van der Waals surface area contributed by atoms with Gasteiger partial charge in [0.2, 0.25) is 0 Å². The van der Waals surface area contributed by atoms with Gasteiger partial charge >= 0.3 is 12.1 Å². The standard InChI is InChI=1S/C11H17NO5/c1-11(2,3)17-10(15)12-4-5-16-7-8(12)6-9(13)14/h6H,4-5,7H2,1-3H3,(H,13,14)/b8-6+. The first kappa shape index (κ1) is 13.5. The normalized spacial score (nSPS) is 19.2. The maximum Gasteiger partial charge on any atom is 0.414 e. The SMILES string of the molecule is CC(C)(C)OC(=O)N1CCOC/C1=C\C(=O)O. The minimum Gasteiger partial charge on any atom is -0.478 e. The molecule has 1 heterocycles. The van der Waals surface area contributed by atoms with Gasteiger partial charge in [-0.2, -0.15) is 0 Å². The average molecular weight is 243 g/mol. The van der Waals surface area contributed by atoms with E-state index in [1.165, 1.54) is 4.90 Å². The predicted octanol–water partition coefficient (Wildman–Crippen LogP) is 1.22. The monoisotopic (exact) mass is 243 g/mol. The Morgan fingerprint density at radius 2 is 2.12 bits per heavy atom. The summed E-state index contributed by atoms with van der Waals surface area (Å²) in [5.74, 6) is -1.11. The van der Waals surface area contributed by atoms with Crippen LogP contribution in [0.2, 0.25) is 0 Å². The van der Waals surface area contributed by atoms with Crippen molar-refractivity contribution < 1.29 is 24.2 Å². The summed E-state index contributed by atoms with van der Waals surface area (Å²) in [7, 11) is 0. The van der Waals surface area contributed by atoms with Crippen LogP contribution < -0.4 is 0 Å². The molecule has 0 aromatic rings. The molecule has 1 aliphatic heterocycles. The highest BCUT2D eigenvalue weighted by atomic mass is 16.6. The Labute approximate surface area is 99.8 Å². The van der Waals surface area contributed by atoms with E-state index in [0.29, 0.717) is 18.8 Å². The van der Waals surface area contributed by atoms with E-state index in [9.17, 15) is 9.59 Å². The minimum atomic E-state index is -1.11. The minimum absolute atomic E-state index is 0.103. The van der Waals surface area contributed by atoms with Crippen molar-refractivity contribution in [3.05, 3.63) is 11.8 Å². The number of carboxylic acids is 1. The van der Waals surface area contributed by atoms with E-state index in [4.69, 9.17) is 14.6 Å². The summed E-state index contributed by atoms with van der Waals surface area (Å²) < 4.78 is 10.3. The second-order valence-corrected chi connectivity index (χ2v) is 4.66. The lowest BCUT2D eigenvalue weighted by Crippen LogP contribution is -2.42. The summed E-state index contributed by atoms with van der Waals surface area (Å²) in [6, 6.07) is 0. The lowest BCUT2D eigenvalue weighted by atomic mass is 10.2. The van der Waals surface area contributed by atoms with Gasteiger partial charge in [-0.25, -0.2) is 9.59 Å². The van der Waals surface area contributed by atoms with Gasteiger partial charge in [-0.3, -0.25) is 4.90 Å². The largest absolute Gasteiger partial charge is 0.478 e. The maximum absolute atomic E-state index is 11.8. The fraction of sp³-hybridized carbons (Fsp3) is 0.636. The van der Waals surface area contributed by atoms with Crippen LogP contribution >= 0.6 is 0 Å². The third kappa shape index (κ3) is 4.44. The van der Waals surface area contributed by atoms with Crippen molar-refractivity contribution in [3.63, 3.8) is 0 Å². The number of amides is 1. The topological polar surface area (TPSA) is 76.1 Å². The summed E-state index contributed by atoms with van der Waals surface area (Å²) in [6.45, 7) is 6.04. The van der Waals surface area contributed by atoms with Crippen LogP contribution in [0.5, 0.6) is 0 Å². The third-order valence-electron chi connectivity index (χ3n) is 1.96. The van der Waals surface area contributed by atoms with Gasteiger partial charge in [-0.15, -0.1) is 0 Å². The van der Waals surface area contributed by atoms with Crippen molar-refractivity contribution >= 4 is 12.1 Å². The fourth-order valence-electron chi connectivity index (χ4n) is 1.34. The maximum atomic E-state index is 11.8. The van der Waals surface area contributed by atoms with Gasteiger partial charge in [0.25, 0.3) is 0 Å². The van der Waals surface area contributed by atoms with Crippen molar-refractivity contribution in [1.82, 2.24) is 4.90 Å². The molecule has 6 heteroatoms. The Morgan fingerprint density at radius 3 is 2.65 bits per heavy atom. The summed E-state index contributed by atoms with van der Waals surface area (Å²) in [5.41, 5.74) is -0.304. The molecule has 6 nitrogen and oxygen atoms in total. The number of carbonyl (C=O) groups excluding carboxylic acids is 1. The molecule has 0 atom stereocenters. The van der Waals surface area contributed by atoms with Crippen LogP contribution in [0.3, 0.4) is 0 Å². The summed E-state index contributed by atoms with van der Waals surface area (Å²) in [4.78, 5) is 23.7. The Balaban J connectivity index is 2.78. The molecule has 17 heavy (non-hydrogen) atoms. The lowest BCUT2D eigenvalue weighted by Gasteiger charge is -2.31. The van der Waals surface area contributed by atoms with E-state index in [-0.39, 0.29) is 6.61 Å². The van der Waals surface area contributed by atoms with E-state index in [1.807, 2.05) is 0 Å². The van der Waals surface area contributed by atoms with Crippen LogP contribution in [0.25, 0.3) is 0 Å². The van der Waals surface area contributed by atoms with Crippen LogP contribution in [0.4, 0.5) is 4.79 Å². The first-order valence-corrected chi connectivity index (χ1v) is 5.31. The summed E-state index contributed by atoms with van der Waals surface area (Å²) in [5, 5.41) is 8.69. The molecule has 1 rings (SSSR count). The lowest BCUT2D eigenvalue weighted by molar-refractivity contribution is -0.131. The molecule has 1 aliphatic rings. The Morgan fingerprint density at radius 1 is 1.47 bits per heavy atom. The molecular formula is C11H17NO5. The van der Waals surface area contributed by atoms with Gasteiger partial charge in [0, 0.05) is 6.08 Å². The van der Waals surface area contributed by atoms with E-state index in [2.05, 4.69) is 0 Å². The highest BCUT2D eigenvalue weighted by Crippen LogP contribution is 2.16. The Hall–Kier alpha value is -1.56. The molecule has 0 spiro atoms. The second-order valence-electron chi connectivity index (χ2n) is 4.66. The highest BCUT2D eigenvalue weighted by molar-refractivity contribution is 5.82. The Kier molecular flexibility index (Phi) is 4.11. The van der Waals surface area contributed by atoms with Crippen LogP contribution in [-0.2, 0) is 14.3 Å². The number of hydrogen-bond acceptors (Lipinski definition) is 4. The number of carbonyl (C=O) groups is 2. The number of ether oxygens (including phenoxy) is 2. The number of aliphatic carboxylic acids is 1. The molecule has 0 aromatic heterocycles. The first-order valence-electron chi connectivity index (χ1n) is 5.31. The average Bonchev–Trinajstić information content (AvgIpc) is 2.14. The van der Waals surface area contributed by atoms with E-state index < -0.39 is 17.7 Å². The molecule has 1 N–H and O–H groups in total. The Bertz CT molecular complexity index is 342. The van der Waals surface area contributed by atoms with E-state index in [1.54, 1.807) is 20.8 Å². The molecule has 1 fully saturated rings. The zero-order valence-electron chi connectivity index (χ0n) is 10.2. The van der Waals surface area contributed by atoms with Crippen LogP contribution in [0.1, 0.15) is 20.8 Å². The summed E-state index contributed by atoms with van der Waals surface area (Å²) in [6.07, 6.45) is 0.414. The van der Waals surface area contributed by atoms with Crippen LogP contribution in [-0.4, -0.2) is 47.4 Å². The van der Waals surface area contributed by atoms with Crippen LogP contribution in [0, 0.1) is 0 Å². The quantitative estimate of drug-likeness (QED) is 0.701. The predicted molar refractivity (Wildman–Crippen MR) is 59.5 cm³/mol. The molecule has 0 saturated carbocycles. The van der Waals surface area contributed by atoms with Gasteiger partial charge in [0.05, 0.1) is 25.5 Å². The smallest absolute Gasteiger partial charge is 0.414 e. The fourth-order valence-corrected chi connectivity index (χ4v) is 1.34. The number of carboxylic acid groups (broad SMARTS) is 1. The molecule has 0 aliphatic carbocycles.